The third-order valence-electron chi connectivity index (χ3n) is 2.33. The summed E-state index contributed by atoms with van der Waals surface area (Å²) in [4.78, 5) is 17.4. The average Bonchev–Trinajstić information content (AvgIpc) is 2.82. The SMILES string of the molecule is [C-]#[N+]c1cc(S(=O)(=O)Nc2ncc(Cl)s2)ccc1C(=O)O. The van der Waals surface area contributed by atoms with E-state index < -0.39 is 16.0 Å². The van der Waals surface area contributed by atoms with Crippen LogP contribution in [0.3, 0.4) is 0 Å². The fourth-order valence-corrected chi connectivity index (χ4v) is 3.50. The van der Waals surface area contributed by atoms with E-state index in [1.165, 1.54) is 6.20 Å². The second-order valence-corrected chi connectivity index (χ2v) is 7.02. The van der Waals surface area contributed by atoms with Gasteiger partial charge in [0.05, 0.1) is 23.2 Å². The first kappa shape index (κ1) is 15.2. The van der Waals surface area contributed by atoms with Crippen LogP contribution in [0.2, 0.25) is 4.34 Å². The van der Waals surface area contributed by atoms with Crippen LogP contribution in [-0.2, 0) is 10.0 Å². The van der Waals surface area contributed by atoms with Crippen molar-refractivity contribution in [1.29, 1.82) is 0 Å². The van der Waals surface area contributed by atoms with E-state index in [1.807, 2.05) is 0 Å². The first-order chi connectivity index (χ1) is 9.83. The Morgan fingerprint density at radius 2 is 2.19 bits per heavy atom. The lowest BCUT2D eigenvalue weighted by molar-refractivity contribution is 0.0698. The minimum absolute atomic E-state index is 0.0756. The number of hydrogen-bond donors (Lipinski definition) is 2. The van der Waals surface area contributed by atoms with Crippen molar-refractivity contribution in [3.63, 3.8) is 0 Å². The predicted molar refractivity (Wildman–Crippen MR) is 77.6 cm³/mol. The molecule has 0 atom stereocenters. The maximum Gasteiger partial charge on any atom is 0.325 e. The van der Waals surface area contributed by atoms with Crippen molar-refractivity contribution in [2.45, 2.75) is 4.90 Å². The van der Waals surface area contributed by atoms with Gasteiger partial charge in [0.1, 0.15) is 4.34 Å². The largest absolute Gasteiger partial charge is 0.479 e. The number of thiazole rings is 1. The molecule has 0 fully saturated rings. The molecule has 0 spiro atoms. The highest BCUT2D eigenvalue weighted by molar-refractivity contribution is 7.93. The lowest BCUT2D eigenvalue weighted by Gasteiger charge is -2.06. The number of carboxylic acids is 1. The lowest BCUT2D eigenvalue weighted by atomic mass is 10.2. The average molecular weight is 344 g/mol. The van der Waals surface area contributed by atoms with E-state index in [0.29, 0.717) is 4.34 Å². The normalized spacial score (nSPS) is 10.9. The van der Waals surface area contributed by atoms with E-state index in [9.17, 15) is 13.2 Å². The van der Waals surface area contributed by atoms with Crippen LogP contribution in [0.25, 0.3) is 4.85 Å². The van der Waals surface area contributed by atoms with Crippen molar-refractivity contribution in [1.82, 2.24) is 4.98 Å². The number of benzene rings is 1. The van der Waals surface area contributed by atoms with Gasteiger partial charge in [0, 0.05) is 0 Å². The maximum atomic E-state index is 12.1. The third kappa shape index (κ3) is 3.30. The summed E-state index contributed by atoms with van der Waals surface area (Å²) in [5.41, 5.74) is -0.524. The maximum absolute atomic E-state index is 12.1. The van der Waals surface area contributed by atoms with E-state index in [0.717, 1.165) is 29.5 Å². The van der Waals surface area contributed by atoms with E-state index in [-0.39, 0.29) is 21.3 Å². The molecule has 7 nitrogen and oxygen atoms in total. The Bertz CT molecular complexity index is 855. The molecular formula is C11H6ClN3O4S2. The second kappa shape index (κ2) is 5.69. The van der Waals surface area contributed by atoms with Gasteiger partial charge in [-0.3, -0.25) is 4.72 Å². The van der Waals surface area contributed by atoms with Crippen molar-refractivity contribution >= 4 is 49.7 Å². The van der Waals surface area contributed by atoms with Gasteiger partial charge in [-0.1, -0.05) is 29.0 Å². The summed E-state index contributed by atoms with van der Waals surface area (Å²) >= 11 is 6.59. The van der Waals surface area contributed by atoms with Gasteiger partial charge in [0.25, 0.3) is 10.0 Å². The van der Waals surface area contributed by atoms with Crippen LogP contribution in [-0.4, -0.2) is 24.5 Å². The topological polar surface area (TPSA) is 101 Å². The summed E-state index contributed by atoms with van der Waals surface area (Å²) in [6.07, 6.45) is 1.29. The Balaban J connectivity index is 2.41. The molecule has 0 saturated heterocycles. The molecule has 1 aromatic carbocycles. The highest BCUT2D eigenvalue weighted by atomic mass is 35.5. The summed E-state index contributed by atoms with van der Waals surface area (Å²) in [6.45, 7) is 6.92. The molecule has 2 N–H and O–H groups in total. The first-order valence-electron chi connectivity index (χ1n) is 5.22. The van der Waals surface area contributed by atoms with Crippen LogP contribution >= 0.6 is 22.9 Å². The number of nitrogens with one attached hydrogen (secondary N) is 1. The van der Waals surface area contributed by atoms with E-state index in [1.54, 1.807) is 0 Å². The lowest BCUT2D eigenvalue weighted by Crippen LogP contribution is -2.13. The molecule has 1 heterocycles. The van der Waals surface area contributed by atoms with Gasteiger partial charge in [0.2, 0.25) is 5.69 Å². The molecule has 0 aliphatic rings. The molecule has 0 aliphatic carbocycles. The Morgan fingerprint density at radius 3 is 2.71 bits per heavy atom. The molecular weight excluding hydrogens is 338 g/mol. The molecule has 0 bridgehead atoms. The summed E-state index contributed by atoms with van der Waals surface area (Å²) < 4.78 is 26.8. The number of carbonyl (C=O) groups is 1. The van der Waals surface area contributed by atoms with Gasteiger partial charge >= 0.3 is 5.97 Å². The highest BCUT2D eigenvalue weighted by Crippen LogP contribution is 2.27. The third-order valence-corrected chi connectivity index (χ3v) is 4.83. The van der Waals surface area contributed by atoms with Gasteiger partial charge in [-0.25, -0.2) is 23.0 Å². The first-order valence-corrected chi connectivity index (χ1v) is 7.90. The minimum Gasteiger partial charge on any atom is -0.479 e. The molecule has 108 valence electrons. The van der Waals surface area contributed by atoms with Gasteiger partial charge in [-0.05, 0) is 12.1 Å². The zero-order valence-corrected chi connectivity index (χ0v) is 12.5. The summed E-state index contributed by atoms with van der Waals surface area (Å²) in [6, 6.07) is 3.17. The van der Waals surface area contributed by atoms with Gasteiger partial charge < -0.3 is 5.11 Å². The molecule has 2 aromatic rings. The van der Waals surface area contributed by atoms with Gasteiger partial charge in [-0.15, -0.1) is 0 Å². The smallest absolute Gasteiger partial charge is 0.325 e. The fourth-order valence-electron chi connectivity index (χ4n) is 1.43. The number of anilines is 1. The Kier molecular flexibility index (Phi) is 4.13. The highest BCUT2D eigenvalue weighted by Gasteiger charge is 2.19. The predicted octanol–water partition coefficient (Wildman–Crippen LogP) is 2.85. The number of hydrogen-bond acceptors (Lipinski definition) is 5. The van der Waals surface area contributed by atoms with E-state index in [4.69, 9.17) is 23.3 Å². The van der Waals surface area contributed by atoms with Crippen LogP contribution < -0.4 is 4.72 Å². The van der Waals surface area contributed by atoms with Crippen molar-refractivity contribution in [2.75, 3.05) is 4.72 Å². The number of carboxylic acid groups (broad SMARTS) is 1. The van der Waals surface area contributed by atoms with Crippen molar-refractivity contribution in [3.8, 4) is 0 Å². The number of sulfonamides is 1. The van der Waals surface area contributed by atoms with Crippen molar-refractivity contribution in [2.24, 2.45) is 0 Å². The zero-order valence-electron chi connectivity index (χ0n) is 10.1. The Hall–Kier alpha value is -2.15. The standard InChI is InChI=1S/C11H6ClN3O4S2/c1-13-8-4-6(2-3-7(8)10(16)17)21(18,19)15-11-14-5-9(12)20-11/h2-5H,(H,14,15)(H,16,17). The molecule has 0 aliphatic heterocycles. The van der Waals surface area contributed by atoms with Crippen LogP contribution in [0.5, 0.6) is 0 Å². The van der Waals surface area contributed by atoms with E-state index in [2.05, 4.69) is 14.6 Å². The molecule has 0 unspecified atom stereocenters. The van der Waals surface area contributed by atoms with Crippen LogP contribution in [0.1, 0.15) is 10.4 Å². The summed E-state index contributed by atoms with van der Waals surface area (Å²) in [7, 11) is -3.97. The summed E-state index contributed by atoms with van der Waals surface area (Å²) in [5.74, 6) is -1.30. The van der Waals surface area contributed by atoms with Gasteiger partial charge in [0.15, 0.2) is 5.13 Å². The number of nitrogens with zero attached hydrogens (tertiary/aromatic N) is 2. The van der Waals surface area contributed by atoms with E-state index >= 15 is 0 Å². The Labute approximate surface area is 128 Å². The van der Waals surface area contributed by atoms with Crippen LogP contribution in [0.4, 0.5) is 10.8 Å². The molecule has 1 aromatic heterocycles. The zero-order chi connectivity index (χ0) is 15.6. The number of rotatable bonds is 4. The quantitative estimate of drug-likeness (QED) is 0.831. The number of aromatic nitrogens is 1. The van der Waals surface area contributed by atoms with Crippen molar-refractivity contribution in [3.05, 3.63) is 45.7 Å². The molecule has 0 amide bonds. The Morgan fingerprint density at radius 1 is 1.48 bits per heavy atom. The second-order valence-electron chi connectivity index (χ2n) is 3.67. The number of halogens is 1. The molecule has 10 heteroatoms. The summed E-state index contributed by atoms with van der Waals surface area (Å²) in [5, 5.41) is 8.97. The van der Waals surface area contributed by atoms with Gasteiger partial charge in [-0.2, -0.15) is 0 Å². The molecule has 0 radical (unpaired) electrons. The molecule has 0 saturated carbocycles. The fraction of sp³-hybridized carbons (Fsp3) is 0. The molecule has 21 heavy (non-hydrogen) atoms. The van der Waals surface area contributed by atoms with Crippen molar-refractivity contribution < 1.29 is 18.3 Å². The monoisotopic (exact) mass is 343 g/mol. The number of aromatic carboxylic acids is 1. The minimum atomic E-state index is -3.97. The molecule has 2 rings (SSSR count). The van der Waals surface area contributed by atoms with Crippen LogP contribution in [0.15, 0.2) is 29.3 Å². The van der Waals surface area contributed by atoms with Crippen LogP contribution in [0, 0.1) is 6.57 Å².